The molecule has 24 heavy (non-hydrogen) atoms. The average molecular weight is 348 g/mol. The number of carbonyl (C=O) groups excluding carboxylic acids is 1. The highest BCUT2D eigenvalue weighted by Gasteiger charge is 2.28. The van der Waals surface area contributed by atoms with Gasteiger partial charge in [-0.05, 0) is 42.8 Å². The highest BCUT2D eigenvalue weighted by molar-refractivity contribution is 5.94. The zero-order chi connectivity index (χ0) is 16.1. The normalized spacial score (nSPS) is 17.0. The summed E-state index contributed by atoms with van der Waals surface area (Å²) in [6.45, 7) is 4.80. The van der Waals surface area contributed by atoms with E-state index >= 15 is 0 Å². The molecule has 128 valence electrons. The average Bonchev–Trinajstić information content (AvgIpc) is 2.63. The smallest absolute Gasteiger partial charge is 0.254 e. The van der Waals surface area contributed by atoms with Crippen molar-refractivity contribution in [2.75, 3.05) is 26.2 Å². The molecule has 1 aliphatic heterocycles. The Morgan fingerprint density at radius 3 is 2.79 bits per heavy atom. The Morgan fingerprint density at radius 2 is 2.12 bits per heavy atom. The highest BCUT2D eigenvalue weighted by Crippen LogP contribution is 2.24. The van der Waals surface area contributed by atoms with Crippen LogP contribution in [-0.4, -0.2) is 42.0 Å². The summed E-state index contributed by atoms with van der Waals surface area (Å²) in [6.07, 6.45) is 3.58. The topological polar surface area (TPSA) is 54.5 Å². The van der Waals surface area contributed by atoms with Crippen molar-refractivity contribution in [3.63, 3.8) is 0 Å². The minimum absolute atomic E-state index is 0. The van der Waals surface area contributed by atoms with Crippen LogP contribution in [0.1, 0.15) is 28.9 Å². The molecule has 6 heteroatoms. The van der Waals surface area contributed by atoms with Crippen LogP contribution >= 0.6 is 12.4 Å². The molecule has 1 saturated heterocycles. The Labute approximate surface area is 148 Å². The molecule has 1 unspecified atom stereocenters. The molecule has 1 amide bonds. The quantitative estimate of drug-likeness (QED) is 0.924. The number of ether oxygens (including phenoxy) is 1. The molecule has 0 spiro atoms. The summed E-state index contributed by atoms with van der Waals surface area (Å²) in [5, 5.41) is 3.35. The fourth-order valence-electron chi connectivity index (χ4n) is 2.84. The number of piperazine rings is 1. The van der Waals surface area contributed by atoms with Crippen molar-refractivity contribution in [2.45, 2.75) is 13.0 Å². The third-order valence-corrected chi connectivity index (χ3v) is 3.99. The first-order chi connectivity index (χ1) is 11.3. The van der Waals surface area contributed by atoms with Crippen molar-refractivity contribution in [3.8, 4) is 5.75 Å². The second kappa shape index (κ2) is 8.66. The largest absolute Gasteiger partial charge is 0.494 e. The summed E-state index contributed by atoms with van der Waals surface area (Å²) in [6, 6.07) is 11.3. The SMILES string of the molecule is CCOc1ccc(C(=O)N2CCNCC2c2cccnc2)cc1.Cl. The maximum Gasteiger partial charge on any atom is 0.254 e. The van der Waals surface area contributed by atoms with Gasteiger partial charge in [0.15, 0.2) is 0 Å². The Bertz CT molecular complexity index is 649. The Morgan fingerprint density at radius 1 is 1.33 bits per heavy atom. The molecular weight excluding hydrogens is 326 g/mol. The fraction of sp³-hybridized carbons (Fsp3) is 0.333. The lowest BCUT2D eigenvalue weighted by Crippen LogP contribution is -2.48. The van der Waals surface area contributed by atoms with Gasteiger partial charge < -0.3 is 15.0 Å². The minimum Gasteiger partial charge on any atom is -0.494 e. The maximum absolute atomic E-state index is 12.9. The molecule has 2 aromatic rings. The van der Waals surface area contributed by atoms with Gasteiger partial charge in [0.05, 0.1) is 12.6 Å². The maximum atomic E-state index is 12.9. The molecule has 0 radical (unpaired) electrons. The van der Waals surface area contributed by atoms with E-state index in [-0.39, 0.29) is 24.4 Å². The van der Waals surface area contributed by atoms with Crippen LogP contribution in [0.3, 0.4) is 0 Å². The van der Waals surface area contributed by atoms with E-state index in [0.29, 0.717) is 18.7 Å². The lowest BCUT2D eigenvalue weighted by Gasteiger charge is -2.36. The molecule has 0 saturated carbocycles. The van der Waals surface area contributed by atoms with E-state index in [1.165, 1.54) is 0 Å². The molecular formula is C18H22ClN3O2. The van der Waals surface area contributed by atoms with Crippen LogP contribution in [0.5, 0.6) is 5.75 Å². The van der Waals surface area contributed by atoms with Gasteiger partial charge in [-0.3, -0.25) is 9.78 Å². The molecule has 3 rings (SSSR count). The number of nitrogens with zero attached hydrogens (tertiary/aromatic N) is 2. The van der Waals surface area contributed by atoms with Gasteiger partial charge in [-0.1, -0.05) is 6.07 Å². The Hall–Kier alpha value is -2.11. The van der Waals surface area contributed by atoms with E-state index < -0.39 is 0 Å². The Kier molecular flexibility index (Phi) is 6.58. The lowest BCUT2D eigenvalue weighted by atomic mass is 10.0. The third kappa shape index (κ3) is 4.04. The number of hydrogen-bond acceptors (Lipinski definition) is 4. The fourth-order valence-corrected chi connectivity index (χ4v) is 2.84. The van der Waals surface area contributed by atoms with Crippen LogP contribution < -0.4 is 10.1 Å². The van der Waals surface area contributed by atoms with Crippen molar-refractivity contribution in [3.05, 3.63) is 59.9 Å². The van der Waals surface area contributed by atoms with Crippen molar-refractivity contribution in [1.82, 2.24) is 15.2 Å². The van der Waals surface area contributed by atoms with Crippen molar-refractivity contribution < 1.29 is 9.53 Å². The standard InChI is InChI=1S/C18H21N3O2.ClH/c1-2-23-16-7-5-14(6-8-16)18(22)21-11-10-20-13-17(21)15-4-3-9-19-12-15;/h3-9,12,17,20H,2,10-11,13H2,1H3;1H. The van der Waals surface area contributed by atoms with E-state index in [9.17, 15) is 4.79 Å². The predicted octanol–water partition coefficient (Wildman–Crippen LogP) is 2.69. The van der Waals surface area contributed by atoms with Crippen molar-refractivity contribution in [2.24, 2.45) is 0 Å². The van der Waals surface area contributed by atoms with Gasteiger partial charge in [-0.25, -0.2) is 0 Å². The van der Waals surface area contributed by atoms with Crippen LogP contribution in [0.25, 0.3) is 0 Å². The van der Waals surface area contributed by atoms with E-state index in [0.717, 1.165) is 24.4 Å². The van der Waals surface area contributed by atoms with Crippen LogP contribution in [0.15, 0.2) is 48.8 Å². The number of carbonyl (C=O) groups is 1. The first-order valence-electron chi connectivity index (χ1n) is 7.94. The summed E-state index contributed by atoms with van der Waals surface area (Å²) in [4.78, 5) is 19.0. The summed E-state index contributed by atoms with van der Waals surface area (Å²) in [7, 11) is 0. The Balaban J connectivity index is 0.00000208. The summed E-state index contributed by atoms with van der Waals surface area (Å²) in [5.74, 6) is 0.830. The van der Waals surface area contributed by atoms with Gasteiger partial charge in [0, 0.05) is 37.6 Å². The van der Waals surface area contributed by atoms with Crippen LogP contribution in [-0.2, 0) is 0 Å². The second-order valence-corrected chi connectivity index (χ2v) is 5.46. The number of pyridine rings is 1. The molecule has 1 aromatic heterocycles. The number of benzene rings is 1. The molecule has 1 N–H and O–H groups in total. The predicted molar refractivity (Wildman–Crippen MR) is 95.7 cm³/mol. The molecule has 1 fully saturated rings. The zero-order valence-corrected chi connectivity index (χ0v) is 14.5. The van der Waals surface area contributed by atoms with Crippen LogP contribution in [0.4, 0.5) is 0 Å². The monoisotopic (exact) mass is 347 g/mol. The van der Waals surface area contributed by atoms with Gasteiger partial charge >= 0.3 is 0 Å². The highest BCUT2D eigenvalue weighted by atomic mass is 35.5. The second-order valence-electron chi connectivity index (χ2n) is 5.46. The van der Waals surface area contributed by atoms with E-state index in [2.05, 4.69) is 10.3 Å². The number of amides is 1. The molecule has 0 aliphatic carbocycles. The van der Waals surface area contributed by atoms with E-state index in [1.807, 2.05) is 54.4 Å². The van der Waals surface area contributed by atoms with Crippen LogP contribution in [0, 0.1) is 0 Å². The molecule has 1 aliphatic rings. The molecule has 5 nitrogen and oxygen atoms in total. The van der Waals surface area contributed by atoms with Gasteiger partial charge in [-0.15, -0.1) is 12.4 Å². The zero-order valence-electron chi connectivity index (χ0n) is 13.6. The first kappa shape index (κ1) is 18.2. The van der Waals surface area contributed by atoms with Gasteiger partial charge in [0.1, 0.15) is 5.75 Å². The summed E-state index contributed by atoms with van der Waals surface area (Å²) >= 11 is 0. The number of hydrogen-bond donors (Lipinski definition) is 1. The first-order valence-corrected chi connectivity index (χ1v) is 7.94. The number of aromatic nitrogens is 1. The summed E-state index contributed by atoms with van der Waals surface area (Å²) in [5.41, 5.74) is 1.74. The molecule has 1 atom stereocenters. The van der Waals surface area contributed by atoms with Crippen molar-refractivity contribution in [1.29, 1.82) is 0 Å². The van der Waals surface area contributed by atoms with E-state index in [4.69, 9.17) is 4.74 Å². The molecule has 0 bridgehead atoms. The van der Waals surface area contributed by atoms with Gasteiger partial charge in [0.25, 0.3) is 5.91 Å². The number of nitrogens with one attached hydrogen (secondary N) is 1. The molecule has 2 heterocycles. The van der Waals surface area contributed by atoms with Crippen LogP contribution in [0.2, 0.25) is 0 Å². The third-order valence-electron chi connectivity index (χ3n) is 3.99. The van der Waals surface area contributed by atoms with Gasteiger partial charge in [-0.2, -0.15) is 0 Å². The number of rotatable bonds is 4. The minimum atomic E-state index is 0. The van der Waals surface area contributed by atoms with Crippen molar-refractivity contribution >= 4 is 18.3 Å². The lowest BCUT2D eigenvalue weighted by molar-refractivity contribution is 0.0634. The molecule has 1 aromatic carbocycles. The van der Waals surface area contributed by atoms with E-state index in [1.54, 1.807) is 6.20 Å². The number of halogens is 1. The van der Waals surface area contributed by atoms with Gasteiger partial charge in [0.2, 0.25) is 0 Å². The summed E-state index contributed by atoms with van der Waals surface area (Å²) < 4.78 is 5.43.